The lowest BCUT2D eigenvalue weighted by Gasteiger charge is -2.15. The van der Waals surface area contributed by atoms with E-state index in [0.717, 1.165) is 25.3 Å². The summed E-state index contributed by atoms with van der Waals surface area (Å²) in [5.74, 6) is 0.868. The second-order valence-corrected chi connectivity index (χ2v) is 3.52. The van der Waals surface area contributed by atoms with E-state index >= 15 is 0 Å². The van der Waals surface area contributed by atoms with Crippen molar-refractivity contribution in [3.8, 4) is 0 Å². The van der Waals surface area contributed by atoms with Crippen LogP contribution in [0.15, 0.2) is 12.3 Å². The number of anilines is 1. The quantitative estimate of drug-likeness (QED) is 0.740. The summed E-state index contributed by atoms with van der Waals surface area (Å²) in [5.41, 5.74) is 5.78. The van der Waals surface area contributed by atoms with Gasteiger partial charge in [-0.2, -0.15) is 0 Å². The number of hydrogen-bond donors (Lipinski definition) is 1. The molecule has 1 aromatic rings. The molecule has 0 amide bonds. The van der Waals surface area contributed by atoms with Gasteiger partial charge in [-0.25, -0.2) is 9.97 Å². The molecule has 1 aliphatic rings. The lowest BCUT2D eigenvalue weighted by atomic mass is 10.3. The van der Waals surface area contributed by atoms with Crippen LogP contribution in [0.2, 0.25) is 5.28 Å². The minimum absolute atomic E-state index is 0. The first-order valence-electron chi connectivity index (χ1n) is 4.25. The van der Waals surface area contributed by atoms with Crippen molar-refractivity contribution in [2.75, 3.05) is 18.0 Å². The average molecular weight is 235 g/mol. The summed E-state index contributed by atoms with van der Waals surface area (Å²) >= 11 is 5.68. The van der Waals surface area contributed by atoms with E-state index in [1.165, 1.54) is 0 Å². The van der Waals surface area contributed by atoms with Crippen molar-refractivity contribution in [1.82, 2.24) is 9.97 Å². The predicted molar refractivity (Wildman–Crippen MR) is 59.1 cm³/mol. The van der Waals surface area contributed by atoms with E-state index < -0.39 is 0 Å². The van der Waals surface area contributed by atoms with E-state index in [1.54, 1.807) is 6.20 Å². The van der Waals surface area contributed by atoms with Gasteiger partial charge < -0.3 is 10.6 Å². The molecule has 2 rings (SSSR count). The molecule has 0 saturated carbocycles. The lowest BCUT2D eigenvalue weighted by molar-refractivity contribution is 0.751. The molecule has 0 aliphatic carbocycles. The van der Waals surface area contributed by atoms with Crippen molar-refractivity contribution < 1.29 is 0 Å². The van der Waals surface area contributed by atoms with Gasteiger partial charge in [0.1, 0.15) is 5.82 Å². The number of nitrogens with zero attached hydrogens (tertiary/aromatic N) is 3. The molecule has 1 atom stereocenters. The maximum absolute atomic E-state index is 5.78. The number of rotatable bonds is 1. The molecular weight excluding hydrogens is 223 g/mol. The molecule has 0 radical (unpaired) electrons. The second kappa shape index (κ2) is 4.77. The maximum Gasteiger partial charge on any atom is 0.224 e. The maximum atomic E-state index is 5.78. The third kappa shape index (κ3) is 2.47. The Bertz CT molecular complexity index is 307. The Balaban J connectivity index is 0.000000980. The van der Waals surface area contributed by atoms with Crippen molar-refractivity contribution in [2.24, 2.45) is 5.73 Å². The Kier molecular flexibility index (Phi) is 3.92. The Labute approximate surface area is 93.9 Å². The molecule has 1 saturated heterocycles. The minimum atomic E-state index is 0. The summed E-state index contributed by atoms with van der Waals surface area (Å²) in [5, 5.41) is 0.290. The molecule has 1 aromatic heterocycles. The number of hydrogen-bond acceptors (Lipinski definition) is 4. The fourth-order valence-electron chi connectivity index (χ4n) is 1.50. The van der Waals surface area contributed by atoms with Gasteiger partial charge in [0.05, 0.1) is 0 Å². The average Bonchev–Trinajstić information content (AvgIpc) is 2.52. The standard InChI is InChI=1S/C8H11ClN4.ClH/c9-8-11-3-1-7(12-8)13-4-2-6(10)5-13;/h1,3,6H,2,4-5,10H2;1H/t6-;/m0./s1. The van der Waals surface area contributed by atoms with Crippen LogP contribution in [0, 0.1) is 0 Å². The molecule has 0 unspecified atom stereocenters. The Morgan fingerprint density at radius 3 is 2.93 bits per heavy atom. The van der Waals surface area contributed by atoms with E-state index in [0.29, 0.717) is 0 Å². The third-order valence-electron chi connectivity index (χ3n) is 2.16. The van der Waals surface area contributed by atoms with Gasteiger partial charge in [0.25, 0.3) is 0 Å². The Hall–Kier alpha value is -0.580. The zero-order valence-electron chi connectivity index (χ0n) is 7.56. The summed E-state index contributed by atoms with van der Waals surface area (Å²) < 4.78 is 0. The monoisotopic (exact) mass is 234 g/mol. The van der Waals surface area contributed by atoms with Crippen LogP contribution >= 0.6 is 24.0 Å². The van der Waals surface area contributed by atoms with Crippen molar-refractivity contribution in [3.05, 3.63) is 17.5 Å². The largest absolute Gasteiger partial charge is 0.355 e. The molecule has 4 nitrogen and oxygen atoms in total. The van der Waals surface area contributed by atoms with Gasteiger partial charge in [0.15, 0.2) is 0 Å². The molecule has 0 aromatic carbocycles. The van der Waals surface area contributed by atoms with Crippen LogP contribution in [0.25, 0.3) is 0 Å². The number of aromatic nitrogens is 2. The smallest absolute Gasteiger partial charge is 0.224 e. The van der Waals surface area contributed by atoms with Gasteiger partial charge in [0, 0.05) is 25.3 Å². The highest BCUT2D eigenvalue weighted by molar-refractivity contribution is 6.28. The second-order valence-electron chi connectivity index (χ2n) is 3.18. The van der Waals surface area contributed by atoms with Gasteiger partial charge in [0.2, 0.25) is 5.28 Å². The number of nitrogens with two attached hydrogens (primary N) is 1. The summed E-state index contributed by atoms with van der Waals surface area (Å²) in [6, 6.07) is 2.11. The molecular formula is C8H12Cl2N4. The van der Waals surface area contributed by atoms with Crippen molar-refractivity contribution in [2.45, 2.75) is 12.5 Å². The van der Waals surface area contributed by atoms with Crippen LogP contribution in [0.3, 0.4) is 0 Å². The van der Waals surface area contributed by atoms with E-state index in [4.69, 9.17) is 17.3 Å². The van der Waals surface area contributed by atoms with Crippen LogP contribution < -0.4 is 10.6 Å². The van der Waals surface area contributed by atoms with Gasteiger partial charge in [-0.15, -0.1) is 12.4 Å². The minimum Gasteiger partial charge on any atom is -0.355 e. The first kappa shape index (κ1) is 11.5. The highest BCUT2D eigenvalue weighted by Crippen LogP contribution is 2.17. The van der Waals surface area contributed by atoms with Crippen LogP contribution in [0.4, 0.5) is 5.82 Å². The highest BCUT2D eigenvalue weighted by Gasteiger charge is 2.20. The van der Waals surface area contributed by atoms with Crippen LogP contribution in [-0.2, 0) is 0 Å². The van der Waals surface area contributed by atoms with Crippen LogP contribution in [0.1, 0.15) is 6.42 Å². The molecule has 1 aliphatic heterocycles. The zero-order valence-corrected chi connectivity index (χ0v) is 9.13. The molecule has 78 valence electrons. The summed E-state index contributed by atoms with van der Waals surface area (Å²) in [6.07, 6.45) is 2.68. The Morgan fingerprint density at radius 2 is 2.36 bits per heavy atom. The van der Waals surface area contributed by atoms with Crippen molar-refractivity contribution >= 4 is 29.8 Å². The topological polar surface area (TPSA) is 55.0 Å². The predicted octanol–water partition coefficient (Wildman–Crippen LogP) is 1.09. The van der Waals surface area contributed by atoms with Gasteiger partial charge >= 0.3 is 0 Å². The van der Waals surface area contributed by atoms with Crippen LogP contribution in [0.5, 0.6) is 0 Å². The van der Waals surface area contributed by atoms with Gasteiger partial charge in [-0.1, -0.05) is 0 Å². The molecule has 2 N–H and O–H groups in total. The molecule has 14 heavy (non-hydrogen) atoms. The van der Waals surface area contributed by atoms with Crippen molar-refractivity contribution in [1.29, 1.82) is 0 Å². The van der Waals surface area contributed by atoms with Crippen LogP contribution in [-0.4, -0.2) is 29.1 Å². The normalized spacial score (nSPS) is 20.7. The first-order valence-corrected chi connectivity index (χ1v) is 4.62. The van der Waals surface area contributed by atoms with Crippen molar-refractivity contribution in [3.63, 3.8) is 0 Å². The Morgan fingerprint density at radius 1 is 1.57 bits per heavy atom. The summed E-state index contributed by atoms with van der Waals surface area (Å²) in [4.78, 5) is 10.1. The van der Waals surface area contributed by atoms with E-state index in [2.05, 4.69) is 14.9 Å². The molecule has 6 heteroatoms. The third-order valence-corrected chi connectivity index (χ3v) is 2.34. The fraction of sp³-hybridized carbons (Fsp3) is 0.500. The van der Waals surface area contributed by atoms with E-state index in [9.17, 15) is 0 Å². The van der Waals surface area contributed by atoms with Gasteiger partial charge in [-0.05, 0) is 24.1 Å². The molecule has 0 bridgehead atoms. The SMILES string of the molecule is Cl.N[C@H]1CCN(c2ccnc(Cl)n2)C1. The van der Waals surface area contributed by atoms with E-state index in [-0.39, 0.29) is 23.7 Å². The summed E-state index contributed by atoms with van der Waals surface area (Å²) in [7, 11) is 0. The molecule has 1 fully saturated rings. The first-order chi connectivity index (χ1) is 6.25. The zero-order chi connectivity index (χ0) is 9.26. The molecule has 2 heterocycles. The lowest BCUT2D eigenvalue weighted by Crippen LogP contribution is -2.26. The summed E-state index contributed by atoms with van der Waals surface area (Å²) in [6.45, 7) is 1.81. The number of halogens is 2. The van der Waals surface area contributed by atoms with Gasteiger partial charge in [-0.3, -0.25) is 0 Å². The highest BCUT2D eigenvalue weighted by atomic mass is 35.5. The fourth-order valence-corrected chi connectivity index (χ4v) is 1.64. The molecule has 0 spiro atoms. The van der Waals surface area contributed by atoms with E-state index in [1.807, 2.05) is 6.07 Å².